The van der Waals surface area contributed by atoms with Crippen LogP contribution in [0.4, 0.5) is 10.1 Å². The van der Waals surface area contributed by atoms with E-state index in [1.54, 1.807) is 24.3 Å². The lowest BCUT2D eigenvalue weighted by Crippen LogP contribution is -2.00. The first-order valence-electron chi connectivity index (χ1n) is 5.38. The number of hydrogen-bond donors (Lipinski definition) is 0. The minimum Gasteiger partial charge on any atom is -0.482 e. The van der Waals surface area contributed by atoms with Crippen molar-refractivity contribution in [3.05, 3.63) is 68.4 Å². The molecule has 0 bridgehead atoms. The number of benzene rings is 2. The topological polar surface area (TPSA) is 52.4 Å². The van der Waals surface area contributed by atoms with Crippen LogP contribution in [-0.4, -0.2) is 4.92 Å². The van der Waals surface area contributed by atoms with Crippen LogP contribution in [0.5, 0.6) is 5.75 Å². The van der Waals surface area contributed by atoms with Gasteiger partial charge in [0.05, 0.1) is 4.92 Å². The molecule has 0 aliphatic carbocycles. The van der Waals surface area contributed by atoms with Crippen LogP contribution in [0.2, 0.25) is 0 Å². The molecule has 0 heterocycles. The summed E-state index contributed by atoms with van der Waals surface area (Å²) in [6.45, 7) is -0.0655. The molecule has 2 aromatic rings. The second-order valence-electron chi connectivity index (χ2n) is 3.75. The number of ether oxygens (including phenoxy) is 1. The van der Waals surface area contributed by atoms with E-state index in [0.29, 0.717) is 10.0 Å². The fourth-order valence-corrected chi connectivity index (χ4v) is 1.86. The molecule has 0 N–H and O–H groups in total. The molecule has 0 aliphatic heterocycles. The fraction of sp³-hybridized carbons (Fsp3) is 0.0769. The second kappa shape index (κ2) is 5.79. The van der Waals surface area contributed by atoms with Gasteiger partial charge in [0.1, 0.15) is 12.4 Å². The lowest BCUT2D eigenvalue weighted by molar-refractivity contribution is -0.385. The minimum absolute atomic E-state index is 0.0655. The summed E-state index contributed by atoms with van der Waals surface area (Å²) in [6, 6.07) is 10.6. The van der Waals surface area contributed by atoms with Crippen molar-refractivity contribution in [1.29, 1.82) is 0 Å². The molecule has 98 valence electrons. The van der Waals surface area contributed by atoms with Crippen molar-refractivity contribution in [2.24, 2.45) is 0 Å². The molecule has 4 nitrogen and oxygen atoms in total. The third-order valence-corrected chi connectivity index (χ3v) is 2.95. The van der Waals surface area contributed by atoms with Crippen molar-refractivity contribution < 1.29 is 14.1 Å². The molecule has 0 fully saturated rings. The standard InChI is InChI=1S/C13H9BrFNO3/c14-10-6-5-9(11(15)7-10)8-19-13-4-2-1-3-12(13)16(17)18/h1-7H,8H2. The van der Waals surface area contributed by atoms with Gasteiger partial charge in [-0.15, -0.1) is 0 Å². The number of nitro groups is 1. The highest BCUT2D eigenvalue weighted by Gasteiger charge is 2.14. The van der Waals surface area contributed by atoms with Crippen LogP contribution in [-0.2, 0) is 6.61 Å². The first-order valence-corrected chi connectivity index (χ1v) is 6.17. The summed E-state index contributed by atoms with van der Waals surface area (Å²) in [4.78, 5) is 10.3. The van der Waals surface area contributed by atoms with Crippen LogP contribution >= 0.6 is 15.9 Å². The third kappa shape index (κ3) is 3.29. The summed E-state index contributed by atoms with van der Waals surface area (Å²) in [5.74, 6) is -0.303. The predicted octanol–water partition coefficient (Wildman–Crippen LogP) is 4.08. The molecule has 2 aromatic carbocycles. The third-order valence-electron chi connectivity index (χ3n) is 2.46. The highest BCUT2D eigenvalue weighted by Crippen LogP contribution is 2.27. The molecule has 19 heavy (non-hydrogen) atoms. The maximum atomic E-state index is 13.6. The van der Waals surface area contributed by atoms with Gasteiger partial charge in [-0.2, -0.15) is 0 Å². The van der Waals surface area contributed by atoms with Crippen LogP contribution in [0.1, 0.15) is 5.56 Å². The SMILES string of the molecule is O=[N+]([O-])c1ccccc1OCc1ccc(Br)cc1F. The van der Waals surface area contributed by atoms with Gasteiger partial charge < -0.3 is 4.74 Å². The van der Waals surface area contributed by atoms with Gasteiger partial charge in [0, 0.05) is 16.1 Å². The van der Waals surface area contributed by atoms with Crippen LogP contribution < -0.4 is 4.74 Å². The van der Waals surface area contributed by atoms with E-state index in [9.17, 15) is 14.5 Å². The molecule has 0 amide bonds. The Morgan fingerprint density at radius 3 is 2.68 bits per heavy atom. The number of nitrogens with zero attached hydrogens (tertiary/aromatic N) is 1. The zero-order chi connectivity index (χ0) is 13.8. The second-order valence-corrected chi connectivity index (χ2v) is 4.66. The molecule has 0 saturated carbocycles. The Bertz CT molecular complexity index is 619. The molecule has 2 rings (SSSR count). The van der Waals surface area contributed by atoms with Gasteiger partial charge in [0.2, 0.25) is 0 Å². The molecular formula is C13H9BrFNO3. The van der Waals surface area contributed by atoms with E-state index in [4.69, 9.17) is 4.74 Å². The van der Waals surface area contributed by atoms with Gasteiger partial charge in [0.25, 0.3) is 0 Å². The highest BCUT2D eigenvalue weighted by molar-refractivity contribution is 9.10. The average molecular weight is 326 g/mol. The number of halogens is 2. The van der Waals surface area contributed by atoms with Crippen LogP contribution in [0.3, 0.4) is 0 Å². The summed E-state index contributed by atoms with van der Waals surface area (Å²) in [6.07, 6.45) is 0. The van der Waals surface area contributed by atoms with E-state index in [1.807, 2.05) is 0 Å². The average Bonchev–Trinajstić information content (AvgIpc) is 2.38. The van der Waals surface area contributed by atoms with Gasteiger partial charge in [0.15, 0.2) is 5.75 Å². The highest BCUT2D eigenvalue weighted by atomic mass is 79.9. The smallest absolute Gasteiger partial charge is 0.310 e. The minimum atomic E-state index is -0.534. The Balaban J connectivity index is 2.17. The van der Waals surface area contributed by atoms with Gasteiger partial charge in [-0.3, -0.25) is 10.1 Å². The lowest BCUT2D eigenvalue weighted by atomic mass is 10.2. The Kier molecular flexibility index (Phi) is 4.11. The van der Waals surface area contributed by atoms with E-state index >= 15 is 0 Å². The number of hydrogen-bond acceptors (Lipinski definition) is 3. The first-order chi connectivity index (χ1) is 9.08. The Morgan fingerprint density at radius 2 is 2.00 bits per heavy atom. The van der Waals surface area contributed by atoms with E-state index in [-0.39, 0.29) is 18.0 Å². The zero-order valence-corrected chi connectivity index (χ0v) is 11.3. The van der Waals surface area contributed by atoms with Crippen molar-refractivity contribution >= 4 is 21.6 Å². The van der Waals surface area contributed by atoms with Crippen molar-refractivity contribution in [2.45, 2.75) is 6.61 Å². The van der Waals surface area contributed by atoms with E-state index in [0.717, 1.165) is 0 Å². The number of nitro benzene ring substituents is 1. The van der Waals surface area contributed by atoms with E-state index in [1.165, 1.54) is 18.2 Å². The van der Waals surface area contributed by atoms with E-state index < -0.39 is 10.7 Å². The zero-order valence-electron chi connectivity index (χ0n) is 9.68. The molecule has 0 spiro atoms. The predicted molar refractivity (Wildman–Crippen MR) is 71.5 cm³/mol. The van der Waals surface area contributed by atoms with Gasteiger partial charge >= 0.3 is 5.69 Å². The van der Waals surface area contributed by atoms with Crippen LogP contribution in [0.15, 0.2) is 46.9 Å². The van der Waals surface area contributed by atoms with Gasteiger partial charge in [-0.25, -0.2) is 4.39 Å². The van der Waals surface area contributed by atoms with Crippen LogP contribution in [0, 0.1) is 15.9 Å². The normalized spacial score (nSPS) is 10.2. The van der Waals surface area contributed by atoms with Crippen molar-refractivity contribution in [2.75, 3.05) is 0 Å². The van der Waals surface area contributed by atoms with Crippen molar-refractivity contribution in [3.63, 3.8) is 0 Å². The molecule has 0 atom stereocenters. The molecule has 6 heteroatoms. The molecule has 0 saturated heterocycles. The maximum absolute atomic E-state index is 13.6. The maximum Gasteiger partial charge on any atom is 0.310 e. The fourth-order valence-electron chi connectivity index (χ4n) is 1.52. The molecule has 0 aliphatic rings. The van der Waals surface area contributed by atoms with Gasteiger partial charge in [-0.05, 0) is 18.2 Å². The Hall–Kier alpha value is -1.95. The quantitative estimate of drug-likeness (QED) is 0.628. The summed E-state index contributed by atoms with van der Waals surface area (Å²) < 4.78 is 19.5. The summed E-state index contributed by atoms with van der Waals surface area (Å²) in [7, 11) is 0. The summed E-state index contributed by atoms with van der Waals surface area (Å²) >= 11 is 3.15. The Morgan fingerprint density at radius 1 is 1.26 bits per heavy atom. The molecule has 0 aromatic heterocycles. The number of rotatable bonds is 4. The largest absolute Gasteiger partial charge is 0.482 e. The summed E-state index contributed by atoms with van der Waals surface area (Å²) in [5, 5.41) is 10.8. The lowest BCUT2D eigenvalue weighted by Gasteiger charge is -2.07. The Labute approximate surface area is 117 Å². The first kappa shape index (κ1) is 13.5. The van der Waals surface area contributed by atoms with Gasteiger partial charge in [-0.1, -0.05) is 34.1 Å². The number of para-hydroxylation sites is 2. The molecule has 0 radical (unpaired) electrons. The monoisotopic (exact) mass is 325 g/mol. The van der Waals surface area contributed by atoms with Crippen molar-refractivity contribution in [1.82, 2.24) is 0 Å². The molecule has 0 unspecified atom stereocenters. The summed E-state index contributed by atoms with van der Waals surface area (Å²) in [5.41, 5.74) is 0.196. The molecular weight excluding hydrogens is 317 g/mol. The van der Waals surface area contributed by atoms with Crippen molar-refractivity contribution in [3.8, 4) is 5.75 Å². The van der Waals surface area contributed by atoms with E-state index in [2.05, 4.69) is 15.9 Å². The van der Waals surface area contributed by atoms with Crippen LogP contribution in [0.25, 0.3) is 0 Å².